The first kappa shape index (κ1) is 24.0. The summed E-state index contributed by atoms with van der Waals surface area (Å²) in [7, 11) is 0. The first-order chi connectivity index (χ1) is 15.2. The molecule has 0 aliphatic carbocycles. The molecule has 0 radical (unpaired) electrons. The minimum Gasteiger partial charge on any atom is -0.379 e. The van der Waals surface area contributed by atoms with Crippen molar-refractivity contribution in [2.45, 2.75) is 17.1 Å². The third kappa shape index (κ3) is 5.78. The van der Waals surface area contributed by atoms with Gasteiger partial charge in [-0.05, 0) is 36.1 Å². The van der Waals surface area contributed by atoms with Gasteiger partial charge in [-0.2, -0.15) is 13.2 Å². The fourth-order valence-corrected chi connectivity index (χ4v) is 3.95. The van der Waals surface area contributed by atoms with Crippen molar-refractivity contribution < 1.29 is 27.6 Å². The van der Waals surface area contributed by atoms with Crippen LogP contribution in [0, 0.1) is 10.1 Å². The number of hydrogen-bond acceptors (Lipinski definition) is 6. The highest BCUT2D eigenvalue weighted by Gasteiger charge is 2.31. The van der Waals surface area contributed by atoms with Crippen LogP contribution in [0.1, 0.15) is 27.5 Å². The number of carbonyl (C=O) groups excluding carboxylic acids is 1. The van der Waals surface area contributed by atoms with Gasteiger partial charge in [0, 0.05) is 30.6 Å². The van der Waals surface area contributed by atoms with Crippen LogP contribution in [0.4, 0.5) is 18.9 Å². The monoisotopic (exact) mass is 469 g/mol. The maximum Gasteiger partial charge on any atom is 0.416 e. The van der Waals surface area contributed by atoms with Crippen molar-refractivity contribution in [2.75, 3.05) is 39.1 Å². The third-order valence-electron chi connectivity index (χ3n) is 5.21. The van der Waals surface area contributed by atoms with Crippen molar-refractivity contribution >= 4 is 23.4 Å². The number of ether oxygens (including phenoxy) is 1. The molecule has 3 rings (SSSR count). The van der Waals surface area contributed by atoms with Gasteiger partial charge in [0.1, 0.15) is 5.56 Å². The quantitative estimate of drug-likeness (QED) is 0.373. The smallest absolute Gasteiger partial charge is 0.379 e. The molecule has 2 aromatic carbocycles. The SMILES string of the molecule is CSc1ccc([N+](=O)[O-])c(C(=O)NCC(c2ccc(C(F)(F)F)cc2)N2CCOCC2)c1. The molecule has 1 saturated heterocycles. The van der Waals surface area contributed by atoms with Gasteiger partial charge in [0.25, 0.3) is 11.6 Å². The molecule has 1 unspecified atom stereocenters. The zero-order valence-corrected chi connectivity index (χ0v) is 18.0. The maximum absolute atomic E-state index is 12.9. The second-order valence-corrected chi connectivity index (χ2v) is 8.01. The first-order valence-electron chi connectivity index (χ1n) is 9.80. The molecule has 0 spiro atoms. The minimum atomic E-state index is -4.44. The summed E-state index contributed by atoms with van der Waals surface area (Å²) in [5.74, 6) is -0.613. The number of nitro benzene ring substituents is 1. The van der Waals surface area contributed by atoms with Gasteiger partial charge in [0.2, 0.25) is 0 Å². The molecule has 0 bridgehead atoms. The van der Waals surface area contributed by atoms with Gasteiger partial charge in [-0.3, -0.25) is 19.8 Å². The van der Waals surface area contributed by atoms with Crippen molar-refractivity contribution in [3.05, 3.63) is 69.3 Å². The van der Waals surface area contributed by atoms with E-state index in [0.29, 0.717) is 36.8 Å². The van der Waals surface area contributed by atoms with Crippen molar-refractivity contribution in [2.24, 2.45) is 0 Å². The lowest BCUT2D eigenvalue weighted by atomic mass is 10.0. The predicted octanol–water partition coefficient (Wildman–Crippen LogP) is 4.14. The summed E-state index contributed by atoms with van der Waals surface area (Å²) < 4.78 is 44.2. The van der Waals surface area contributed by atoms with E-state index in [1.165, 1.54) is 36.0 Å². The predicted molar refractivity (Wildman–Crippen MR) is 114 cm³/mol. The summed E-state index contributed by atoms with van der Waals surface area (Å²) in [6.07, 6.45) is -2.65. The molecule has 0 saturated carbocycles. The Bertz CT molecular complexity index is 964. The number of halogens is 3. The van der Waals surface area contributed by atoms with Crippen LogP contribution in [0.25, 0.3) is 0 Å². The number of carbonyl (C=O) groups is 1. The normalized spacial score (nSPS) is 15.9. The molecule has 1 aliphatic heterocycles. The Morgan fingerprint density at radius 3 is 2.44 bits per heavy atom. The Morgan fingerprint density at radius 2 is 1.88 bits per heavy atom. The number of thioether (sulfide) groups is 1. The van der Waals surface area contributed by atoms with Crippen LogP contribution < -0.4 is 5.32 Å². The number of amides is 1. The number of morpholine rings is 1. The second-order valence-electron chi connectivity index (χ2n) is 7.13. The number of rotatable bonds is 7. The van der Waals surface area contributed by atoms with Crippen LogP contribution >= 0.6 is 11.8 Å². The summed E-state index contributed by atoms with van der Waals surface area (Å²) in [6.45, 7) is 2.09. The van der Waals surface area contributed by atoms with Crippen LogP contribution in [-0.2, 0) is 10.9 Å². The summed E-state index contributed by atoms with van der Waals surface area (Å²) in [5.41, 5.74) is -0.518. The van der Waals surface area contributed by atoms with Crippen LogP contribution in [-0.4, -0.2) is 54.8 Å². The third-order valence-corrected chi connectivity index (χ3v) is 5.94. The fraction of sp³-hybridized carbons (Fsp3) is 0.381. The molecular formula is C21H22F3N3O4S. The van der Waals surface area contributed by atoms with E-state index in [2.05, 4.69) is 5.32 Å². The van der Waals surface area contributed by atoms with E-state index in [-0.39, 0.29) is 17.8 Å². The van der Waals surface area contributed by atoms with Gasteiger partial charge in [-0.25, -0.2) is 0 Å². The number of benzene rings is 2. The number of nitrogens with one attached hydrogen (secondary N) is 1. The van der Waals surface area contributed by atoms with E-state index in [1.807, 2.05) is 4.90 Å². The zero-order chi connectivity index (χ0) is 23.3. The van der Waals surface area contributed by atoms with E-state index < -0.39 is 28.6 Å². The highest BCUT2D eigenvalue weighted by atomic mass is 32.2. The molecule has 1 heterocycles. The second kappa shape index (κ2) is 10.3. The van der Waals surface area contributed by atoms with Gasteiger partial charge in [0.05, 0.1) is 29.7 Å². The molecule has 1 amide bonds. The summed E-state index contributed by atoms with van der Waals surface area (Å²) in [5, 5.41) is 14.1. The van der Waals surface area contributed by atoms with E-state index in [1.54, 1.807) is 12.3 Å². The highest BCUT2D eigenvalue weighted by Crippen LogP contribution is 2.31. The number of hydrogen-bond donors (Lipinski definition) is 1. The van der Waals surface area contributed by atoms with Crippen molar-refractivity contribution in [3.8, 4) is 0 Å². The van der Waals surface area contributed by atoms with Gasteiger partial charge < -0.3 is 10.1 Å². The van der Waals surface area contributed by atoms with E-state index in [4.69, 9.17) is 4.74 Å². The van der Waals surface area contributed by atoms with Crippen molar-refractivity contribution in [1.29, 1.82) is 0 Å². The van der Waals surface area contributed by atoms with E-state index >= 15 is 0 Å². The number of nitro groups is 1. The molecule has 0 aromatic heterocycles. The van der Waals surface area contributed by atoms with Gasteiger partial charge >= 0.3 is 6.18 Å². The topological polar surface area (TPSA) is 84.7 Å². The Kier molecular flexibility index (Phi) is 7.75. The van der Waals surface area contributed by atoms with Crippen molar-refractivity contribution in [3.63, 3.8) is 0 Å². The lowest BCUT2D eigenvalue weighted by molar-refractivity contribution is -0.385. The fourth-order valence-electron chi connectivity index (χ4n) is 3.51. The Morgan fingerprint density at radius 1 is 1.22 bits per heavy atom. The van der Waals surface area contributed by atoms with Gasteiger partial charge in [-0.15, -0.1) is 11.8 Å². The molecule has 7 nitrogen and oxygen atoms in total. The molecule has 172 valence electrons. The lowest BCUT2D eigenvalue weighted by Crippen LogP contribution is -2.43. The minimum absolute atomic E-state index is 0.0602. The largest absolute Gasteiger partial charge is 0.416 e. The summed E-state index contributed by atoms with van der Waals surface area (Å²) >= 11 is 1.35. The average Bonchev–Trinajstić information content (AvgIpc) is 2.79. The van der Waals surface area contributed by atoms with E-state index in [9.17, 15) is 28.1 Å². The summed E-state index contributed by atoms with van der Waals surface area (Å²) in [4.78, 5) is 26.3. The van der Waals surface area contributed by atoms with Crippen LogP contribution in [0.5, 0.6) is 0 Å². The van der Waals surface area contributed by atoms with Crippen LogP contribution in [0.3, 0.4) is 0 Å². The molecule has 2 aromatic rings. The molecule has 1 aliphatic rings. The zero-order valence-electron chi connectivity index (χ0n) is 17.2. The first-order valence-corrected chi connectivity index (χ1v) is 11.0. The molecule has 1 atom stereocenters. The number of nitrogens with zero attached hydrogens (tertiary/aromatic N) is 2. The molecule has 1 fully saturated rings. The molecule has 11 heteroatoms. The molecular weight excluding hydrogens is 447 g/mol. The Hall–Kier alpha value is -2.63. The van der Waals surface area contributed by atoms with Crippen molar-refractivity contribution in [1.82, 2.24) is 10.2 Å². The Balaban J connectivity index is 1.83. The number of alkyl halides is 3. The van der Waals surface area contributed by atoms with E-state index in [0.717, 1.165) is 12.1 Å². The van der Waals surface area contributed by atoms with Gasteiger partial charge in [0.15, 0.2) is 0 Å². The van der Waals surface area contributed by atoms with Gasteiger partial charge in [-0.1, -0.05) is 12.1 Å². The highest BCUT2D eigenvalue weighted by molar-refractivity contribution is 7.98. The molecule has 1 N–H and O–H groups in total. The van der Waals surface area contributed by atoms with Crippen LogP contribution in [0.15, 0.2) is 47.4 Å². The maximum atomic E-state index is 12.9. The lowest BCUT2D eigenvalue weighted by Gasteiger charge is -2.35. The molecule has 32 heavy (non-hydrogen) atoms. The Labute approximate surface area is 187 Å². The summed E-state index contributed by atoms with van der Waals surface area (Å²) in [6, 6.07) is 8.72. The average molecular weight is 469 g/mol. The van der Waals surface area contributed by atoms with Crippen LogP contribution in [0.2, 0.25) is 0 Å². The standard InChI is InChI=1S/C21H22F3N3O4S/c1-32-16-6-7-18(27(29)30)17(12-16)20(28)25-13-19(26-8-10-31-11-9-26)14-2-4-15(5-3-14)21(22,23)24/h2-7,12,19H,8-11,13H2,1H3,(H,25,28).